The van der Waals surface area contributed by atoms with Crippen LogP contribution in [-0.4, -0.2) is 31.3 Å². The average Bonchev–Trinajstić information content (AvgIpc) is 2.90. The smallest absolute Gasteiger partial charge is 0.191 e. The maximum Gasteiger partial charge on any atom is 0.191 e. The van der Waals surface area contributed by atoms with E-state index in [1.807, 2.05) is 42.8 Å². The molecule has 1 aromatic carbocycles. The first-order valence-corrected chi connectivity index (χ1v) is 8.98. The number of nitrogens with zero attached hydrogens (tertiary/aromatic N) is 2. The number of rotatable bonds is 7. The highest BCUT2D eigenvalue weighted by molar-refractivity contribution is 6.41. The van der Waals surface area contributed by atoms with Gasteiger partial charge in [0.25, 0.3) is 0 Å². The molecule has 0 amide bonds. The van der Waals surface area contributed by atoms with E-state index in [0.29, 0.717) is 29.2 Å². The molecular weight excluding hydrogens is 375 g/mol. The molecule has 1 aromatic heterocycles. The number of hydrogen-bond donors (Lipinski definition) is 2. The third-order valence-corrected chi connectivity index (χ3v) is 4.74. The lowest BCUT2D eigenvalue weighted by molar-refractivity contribution is 0.391. The Balaban J connectivity index is 2.10. The molecule has 0 aliphatic rings. The summed E-state index contributed by atoms with van der Waals surface area (Å²) in [5.41, 5.74) is 1.93. The maximum atomic E-state index is 6.11. The Morgan fingerprint density at radius 1 is 1.15 bits per heavy atom. The third kappa shape index (κ3) is 4.99. The molecular formula is C18H24Cl2N4O2. The van der Waals surface area contributed by atoms with E-state index in [-0.39, 0.29) is 0 Å². The fourth-order valence-corrected chi connectivity index (χ4v) is 2.84. The summed E-state index contributed by atoms with van der Waals surface area (Å²) in [5, 5.41) is 7.57. The van der Waals surface area contributed by atoms with Crippen molar-refractivity contribution in [1.82, 2.24) is 15.2 Å². The Morgan fingerprint density at radius 3 is 2.50 bits per heavy atom. The maximum absolute atomic E-state index is 6.11. The second-order valence-electron chi connectivity index (χ2n) is 5.56. The van der Waals surface area contributed by atoms with Gasteiger partial charge in [-0.05, 0) is 25.1 Å². The van der Waals surface area contributed by atoms with Gasteiger partial charge < -0.3 is 24.7 Å². The number of methoxy groups -OCH3 is 2. The van der Waals surface area contributed by atoms with Crippen LogP contribution in [0.4, 0.5) is 0 Å². The van der Waals surface area contributed by atoms with Crippen LogP contribution in [0.15, 0.2) is 29.3 Å². The van der Waals surface area contributed by atoms with Gasteiger partial charge in [-0.1, -0.05) is 23.2 Å². The van der Waals surface area contributed by atoms with Gasteiger partial charge in [-0.25, -0.2) is 4.99 Å². The molecule has 26 heavy (non-hydrogen) atoms. The van der Waals surface area contributed by atoms with E-state index in [0.717, 1.165) is 29.3 Å². The number of benzene rings is 1. The fraction of sp³-hybridized carbons (Fsp3) is 0.389. The molecule has 0 aliphatic carbocycles. The Kier molecular flexibility index (Phi) is 7.48. The van der Waals surface area contributed by atoms with Gasteiger partial charge in [0.1, 0.15) is 16.7 Å². The van der Waals surface area contributed by atoms with Crippen molar-refractivity contribution >= 4 is 29.2 Å². The molecule has 142 valence electrons. The molecule has 0 saturated heterocycles. The van der Waals surface area contributed by atoms with Gasteiger partial charge in [-0.15, -0.1) is 0 Å². The summed E-state index contributed by atoms with van der Waals surface area (Å²) in [5.74, 6) is 2.18. The van der Waals surface area contributed by atoms with Crippen LogP contribution in [0.25, 0.3) is 0 Å². The van der Waals surface area contributed by atoms with E-state index in [1.165, 1.54) is 0 Å². The highest BCUT2D eigenvalue weighted by Crippen LogP contribution is 2.26. The zero-order valence-electron chi connectivity index (χ0n) is 15.4. The Morgan fingerprint density at radius 2 is 1.92 bits per heavy atom. The SMILES string of the molecule is CCNC(=NCc1ccc(OC)cc1OC)NCc1cc(Cl)c(Cl)n1C. The molecule has 0 fully saturated rings. The molecule has 0 radical (unpaired) electrons. The minimum Gasteiger partial charge on any atom is -0.497 e. The van der Waals surface area contributed by atoms with Crippen LogP contribution in [0, 0.1) is 0 Å². The summed E-state index contributed by atoms with van der Waals surface area (Å²) in [6.45, 7) is 3.79. The summed E-state index contributed by atoms with van der Waals surface area (Å²) in [7, 11) is 5.13. The van der Waals surface area contributed by atoms with Crippen LogP contribution >= 0.6 is 23.2 Å². The van der Waals surface area contributed by atoms with E-state index in [2.05, 4.69) is 15.6 Å². The highest BCUT2D eigenvalue weighted by Gasteiger charge is 2.10. The fourth-order valence-electron chi connectivity index (χ4n) is 2.42. The third-order valence-electron chi connectivity index (χ3n) is 3.90. The van der Waals surface area contributed by atoms with Crippen LogP contribution in [-0.2, 0) is 20.1 Å². The van der Waals surface area contributed by atoms with Crippen molar-refractivity contribution in [3.63, 3.8) is 0 Å². The monoisotopic (exact) mass is 398 g/mol. The molecule has 1 heterocycles. The lowest BCUT2D eigenvalue weighted by Crippen LogP contribution is -2.37. The average molecular weight is 399 g/mol. The molecule has 0 aliphatic heterocycles. The molecule has 2 rings (SSSR count). The second-order valence-corrected chi connectivity index (χ2v) is 6.33. The Labute approximate surface area is 164 Å². The molecule has 2 N–H and O–H groups in total. The first-order valence-electron chi connectivity index (χ1n) is 8.22. The minimum atomic E-state index is 0.469. The normalized spacial score (nSPS) is 11.4. The topological polar surface area (TPSA) is 59.8 Å². The van der Waals surface area contributed by atoms with Crippen molar-refractivity contribution in [3.05, 3.63) is 45.7 Å². The van der Waals surface area contributed by atoms with E-state index >= 15 is 0 Å². The summed E-state index contributed by atoms with van der Waals surface area (Å²) >= 11 is 12.2. The first kappa shape index (κ1) is 20.3. The van der Waals surface area contributed by atoms with Crippen molar-refractivity contribution < 1.29 is 9.47 Å². The van der Waals surface area contributed by atoms with Crippen molar-refractivity contribution in [2.24, 2.45) is 12.0 Å². The number of aliphatic imine (C=N–C) groups is 1. The van der Waals surface area contributed by atoms with Crippen LogP contribution < -0.4 is 20.1 Å². The van der Waals surface area contributed by atoms with E-state index in [1.54, 1.807) is 14.2 Å². The predicted molar refractivity (Wildman–Crippen MR) is 107 cm³/mol. The Hall–Kier alpha value is -2.05. The van der Waals surface area contributed by atoms with Crippen molar-refractivity contribution in [1.29, 1.82) is 0 Å². The minimum absolute atomic E-state index is 0.469. The lowest BCUT2D eigenvalue weighted by atomic mass is 10.2. The van der Waals surface area contributed by atoms with E-state index in [4.69, 9.17) is 32.7 Å². The van der Waals surface area contributed by atoms with Gasteiger partial charge >= 0.3 is 0 Å². The van der Waals surface area contributed by atoms with Crippen molar-refractivity contribution in [3.8, 4) is 11.5 Å². The summed E-state index contributed by atoms with van der Waals surface area (Å²) in [4.78, 5) is 4.62. The Bertz CT molecular complexity index is 775. The molecule has 6 nitrogen and oxygen atoms in total. The van der Waals surface area contributed by atoms with Gasteiger partial charge in [0.15, 0.2) is 5.96 Å². The number of halogens is 2. The lowest BCUT2D eigenvalue weighted by Gasteiger charge is -2.13. The van der Waals surface area contributed by atoms with Crippen molar-refractivity contribution in [2.45, 2.75) is 20.0 Å². The summed E-state index contributed by atoms with van der Waals surface area (Å²) < 4.78 is 12.5. The number of aromatic nitrogens is 1. The number of nitrogens with one attached hydrogen (secondary N) is 2. The van der Waals surface area contributed by atoms with E-state index in [9.17, 15) is 0 Å². The zero-order chi connectivity index (χ0) is 19.1. The van der Waals surface area contributed by atoms with Gasteiger partial charge in [0.2, 0.25) is 0 Å². The molecule has 8 heteroatoms. The molecule has 2 aromatic rings. The van der Waals surface area contributed by atoms with Gasteiger partial charge in [0.05, 0.1) is 32.3 Å². The largest absolute Gasteiger partial charge is 0.497 e. The second kappa shape index (κ2) is 9.59. The summed E-state index contributed by atoms with van der Waals surface area (Å²) in [6.07, 6.45) is 0. The molecule has 0 spiro atoms. The quantitative estimate of drug-likeness (QED) is 0.552. The van der Waals surface area contributed by atoms with Crippen LogP contribution in [0.2, 0.25) is 10.2 Å². The number of guanidine groups is 1. The number of hydrogen-bond acceptors (Lipinski definition) is 3. The predicted octanol–water partition coefficient (Wildman–Crippen LogP) is 3.60. The molecule has 0 unspecified atom stereocenters. The standard InChI is InChI=1S/C18H24Cl2N4O2/c1-5-21-18(23-11-13-8-15(19)17(20)24(13)2)22-10-12-6-7-14(25-3)9-16(12)26-4/h6-9H,5,10-11H2,1-4H3,(H2,21,22,23). The molecule has 0 saturated carbocycles. The van der Waals surface area contributed by atoms with E-state index < -0.39 is 0 Å². The van der Waals surface area contributed by atoms with Gasteiger partial charge in [-0.3, -0.25) is 0 Å². The van der Waals surface area contributed by atoms with Gasteiger partial charge in [-0.2, -0.15) is 0 Å². The molecule has 0 atom stereocenters. The van der Waals surface area contributed by atoms with Crippen LogP contribution in [0.1, 0.15) is 18.2 Å². The number of ether oxygens (including phenoxy) is 2. The summed E-state index contributed by atoms with van der Waals surface area (Å²) in [6, 6.07) is 7.52. The highest BCUT2D eigenvalue weighted by atomic mass is 35.5. The van der Waals surface area contributed by atoms with Crippen molar-refractivity contribution in [2.75, 3.05) is 20.8 Å². The van der Waals surface area contributed by atoms with Gasteiger partial charge in [0, 0.05) is 30.9 Å². The first-order chi connectivity index (χ1) is 12.5. The van der Waals surface area contributed by atoms with Crippen LogP contribution in [0.5, 0.6) is 11.5 Å². The zero-order valence-corrected chi connectivity index (χ0v) is 16.9. The van der Waals surface area contributed by atoms with Crippen LogP contribution in [0.3, 0.4) is 0 Å². The molecule has 0 bridgehead atoms.